The topological polar surface area (TPSA) is 247 Å². The number of aliphatic imine (C=N–C) groups is 1. The first-order valence-corrected chi connectivity index (χ1v) is 18.0. The largest absolute Gasteiger partial charge is 0.464 e. The molecule has 0 saturated carbocycles. The van der Waals surface area contributed by atoms with Gasteiger partial charge in [0.1, 0.15) is 12.1 Å². The predicted octanol–water partition coefficient (Wildman–Crippen LogP) is 3.73. The van der Waals surface area contributed by atoms with Crippen molar-refractivity contribution in [1.29, 1.82) is 0 Å². The summed E-state index contributed by atoms with van der Waals surface area (Å²) in [5.74, 6) is -1.15. The highest BCUT2D eigenvalue weighted by Gasteiger charge is 2.35. The van der Waals surface area contributed by atoms with Crippen molar-refractivity contribution >= 4 is 23.7 Å². The van der Waals surface area contributed by atoms with Crippen molar-refractivity contribution in [3.8, 4) is 22.5 Å². The van der Waals surface area contributed by atoms with Crippen molar-refractivity contribution in [3.63, 3.8) is 0 Å². The van der Waals surface area contributed by atoms with Crippen molar-refractivity contribution in [2.75, 3.05) is 13.2 Å². The second kappa shape index (κ2) is 22.2. The number of unbranched alkanes of at least 4 members (excludes halogenated alkanes) is 2. The van der Waals surface area contributed by atoms with Crippen LogP contribution in [0, 0.1) is 5.92 Å². The van der Waals surface area contributed by atoms with Crippen LogP contribution in [0.1, 0.15) is 84.6 Å². The molecule has 0 spiro atoms. The Hall–Kier alpha value is -4.97. The van der Waals surface area contributed by atoms with Crippen LogP contribution in [-0.2, 0) is 30.5 Å². The normalized spacial score (nSPS) is 13.0. The molecular formula is C36H54N10O7. The van der Waals surface area contributed by atoms with Gasteiger partial charge in [0, 0.05) is 25.1 Å². The third kappa shape index (κ3) is 14.2. The Morgan fingerprint density at radius 3 is 2.30 bits per heavy atom. The maximum absolute atomic E-state index is 14.1. The molecule has 17 nitrogen and oxygen atoms in total. The minimum absolute atomic E-state index is 0.0813. The first kappa shape index (κ1) is 42.4. The van der Waals surface area contributed by atoms with E-state index < -0.39 is 30.1 Å². The lowest BCUT2D eigenvalue weighted by Gasteiger charge is -2.34. The minimum atomic E-state index is -1.01. The number of esters is 1. The zero-order valence-electron chi connectivity index (χ0n) is 31.0. The number of aromatic nitrogens is 4. The van der Waals surface area contributed by atoms with Crippen molar-refractivity contribution in [2.24, 2.45) is 22.4 Å². The molecule has 1 heterocycles. The Bertz CT molecular complexity index is 1580. The monoisotopic (exact) mass is 738 g/mol. The van der Waals surface area contributed by atoms with Crippen LogP contribution in [0.3, 0.4) is 0 Å². The molecular weight excluding hydrogens is 684 g/mol. The fourth-order valence-electron chi connectivity index (χ4n) is 5.84. The number of tetrazole rings is 1. The van der Waals surface area contributed by atoms with E-state index in [-0.39, 0.29) is 55.7 Å². The third-order valence-corrected chi connectivity index (χ3v) is 8.50. The Kier molecular flexibility index (Phi) is 17.8. The van der Waals surface area contributed by atoms with Crippen LogP contribution in [0.4, 0.5) is 0 Å². The van der Waals surface area contributed by atoms with Crippen LogP contribution in [0.15, 0.2) is 53.5 Å². The van der Waals surface area contributed by atoms with E-state index in [0.717, 1.165) is 28.7 Å². The van der Waals surface area contributed by atoms with E-state index in [9.17, 15) is 14.4 Å². The number of carbonyl (C=O) groups excluding carboxylic acids is 3. The number of rotatable bonds is 23. The number of guanidine groups is 1. The maximum atomic E-state index is 14.1. The van der Waals surface area contributed by atoms with Gasteiger partial charge in [0.15, 0.2) is 5.96 Å². The fourth-order valence-corrected chi connectivity index (χ4v) is 5.84. The smallest absolute Gasteiger partial charge is 0.328 e. The molecule has 3 rings (SSSR count). The van der Waals surface area contributed by atoms with Crippen LogP contribution >= 0.6 is 0 Å². The summed E-state index contributed by atoms with van der Waals surface area (Å²) in [6, 6.07) is 13.6. The molecule has 2 amide bonds. The van der Waals surface area contributed by atoms with E-state index in [0.29, 0.717) is 37.9 Å². The van der Waals surface area contributed by atoms with Gasteiger partial charge in [0.2, 0.25) is 17.6 Å². The first-order valence-electron chi connectivity index (χ1n) is 18.0. The summed E-state index contributed by atoms with van der Waals surface area (Å²) in [4.78, 5) is 51.5. The highest BCUT2D eigenvalue weighted by atomic mass is 17.1. The molecule has 0 radical (unpaired) electrons. The molecule has 53 heavy (non-hydrogen) atoms. The fraction of sp³-hybridized carbons (Fsp3) is 0.528. The Morgan fingerprint density at radius 1 is 0.962 bits per heavy atom. The lowest BCUT2D eigenvalue weighted by molar-refractivity contribution is -0.503. The van der Waals surface area contributed by atoms with Crippen molar-refractivity contribution < 1.29 is 34.4 Å². The van der Waals surface area contributed by atoms with E-state index in [2.05, 4.69) is 30.9 Å². The summed E-state index contributed by atoms with van der Waals surface area (Å²) in [6.07, 6.45) is 3.43. The van der Waals surface area contributed by atoms with E-state index in [1.807, 2.05) is 69.3 Å². The molecule has 17 heteroatoms. The standard InChI is InChI=1S/C36H54N10O7/c1-5-6-16-31(47)45(23-26-17-19-27(20-18-26)28-13-7-8-14-29(28)33-41-43-44-42-33)32(24(2)3)34(48)40-30(15-11-21-39-36(37)38)35(49)52-22-10-9-12-25(4)53-46(50)51/h7-8,13-14,17-20,24-25,30,32,50-51H,5-6,9-12,15-16,21-23H2,1-4H3,(H,40,48)(H4,37,38,39)(H,41,42,43,44). The Morgan fingerprint density at radius 2 is 1.68 bits per heavy atom. The molecule has 0 bridgehead atoms. The molecule has 290 valence electrons. The van der Waals surface area contributed by atoms with Gasteiger partial charge in [-0.15, -0.1) is 10.2 Å². The van der Waals surface area contributed by atoms with Gasteiger partial charge in [0.05, 0.1) is 18.1 Å². The number of aromatic amines is 1. The average Bonchev–Trinajstić information content (AvgIpc) is 3.66. The Labute approximate surface area is 310 Å². The molecule has 0 saturated heterocycles. The number of carbonyl (C=O) groups is 3. The predicted molar refractivity (Wildman–Crippen MR) is 196 cm³/mol. The lowest BCUT2D eigenvalue weighted by atomic mass is 9.97. The van der Waals surface area contributed by atoms with Gasteiger partial charge in [-0.3, -0.25) is 25.0 Å². The van der Waals surface area contributed by atoms with Crippen LogP contribution < -0.4 is 16.8 Å². The van der Waals surface area contributed by atoms with Gasteiger partial charge < -0.3 is 26.4 Å². The molecule has 3 atom stereocenters. The summed E-state index contributed by atoms with van der Waals surface area (Å²) >= 11 is 0. The molecule has 3 unspecified atom stereocenters. The number of amides is 2. The maximum Gasteiger partial charge on any atom is 0.328 e. The molecule has 1 aromatic heterocycles. The number of hydrogen-bond donors (Lipinski definition) is 6. The molecule has 8 N–H and O–H groups in total. The number of nitrogens with zero attached hydrogens (tertiary/aromatic N) is 6. The highest BCUT2D eigenvalue weighted by Crippen LogP contribution is 2.30. The third-order valence-electron chi connectivity index (χ3n) is 8.50. The SMILES string of the molecule is CCCCC(=O)N(Cc1ccc(-c2ccccc2-c2nn[nH]n2)cc1)C(C(=O)NC(CCCN=C(N)N)C(=O)OCCCCC(C)ON(O)O)C(C)C. The number of H-pyrrole nitrogens is 1. The number of nitrogens with one attached hydrogen (secondary N) is 2. The summed E-state index contributed by atoms with van der Waals surface area (Å²) in [5.41, 5.74) is 14.4. The molecule has 3 aromatic rings. The van der Waals surface area contributed by atoms with Gasteiger partial charge in [-0.2, -0.15) is 5.21 Å². The number of ether oxygens (including phenoxy) is 1. The van der Waals surface area contributed by atoms with Crippen molar-refractivity contribution in [3.05, 3.63) is 54.1 Å². The zero-order chi connectivity index (χ0) is 38.8. The summed E-state index contributed by atoms with van der Waals surface area (Å²) in [6.45, 7) is 7.91. The van der Waals surface area contributed by atoms with Crippen LogP contribution in [0.5, 0.6) is 0 Å². The van der Waals surface area contributed by atoms with Gasteiger partial charge >= 0.3 is 5.97 Å². The Balaban J connectivity index is 1.79. The van der Waals surface area contributed by atoms with Crippen LogP contribution in [-0.4, -0.2) is 96.4 Å². The second-order valence-corrected chi connectivity index (χ2v) is 13.1. The van der Waals surface area contributed by atoms with Gasteiger partial charge in [-0.1, -0.05) is 75.7 Å². The molecule has 0 aliphatic carbocycles. The van der Waals surface area contributed by atoms with Gasteiger partial charge in [-0.05, 0) is 73.3 Å². The second-order valence-electron chi connectivity index (χ2n) is 13.1. The zero-order valence-corrected chi connectivity index (χ0v) is 31.0. The van der Waals surface area contributed by atoms with Gasteiger partial charge in [0.25, 0.3) is 0 Å². The first-order chi connectivity index (χ1) is 25.4. The van der Waals surface area contributed by atoms with E-state index in [1.54, 1.807) is 11.8 Å². The van der Waals surface area contributed by atoms with E-state index >= 15 is 0 Å². The van der Waals surface area contributed by atoms with Crippen LogP contribution in [0.25, 0.3) is 22.5 Å². The number of nitrogens with two attached hydrogens (primary N) is 2. The van der Waals surface area contributed by atoms with E-state index in [4.69, 9.17) is 31.5 Å². The van der Waals surface area contributed by atoms with E-state index in [1.165, 1.54) is 0 Å². The minimum Gasteiger partial charge on any atom is -0.464 e. The quantitative estimate of drug-likeness (QED) is 0.0267. The molecule has 0 fully saturated rings. The summed E-state index contributed by atoms with van der Waals surface area (Å²) in [7, 11) is 0. The number of benzene rings is 2. The van der Waals surface area contributed by atoms with Crippen molar-refractivity contribution in [1.82, 2.24) is 36.2 Å². The number of hydrogen-bond acceptors (Lipinski definition) is 12. The lowest BCUT2D eigenvalue weighted by Crippen LogP contribution is -2.55. The summed E-state index contributed by atoms with van der Waals surface area (Å²) in [5, 5.41) is 34.6. The highest BCUT2D eigenvalue weighted by molar-refractivity contribution is 5.91. The molecule has 2 aromatic carbocycles. The molecule has 0 aliphatic heterocycles. The van der Waals surface area contributed by atoms with Crippen LogP contribution in [0.2, 0.25) is 0 Å². The van der Waals surface area contributed by atoms with Crippen molar-refractivity contribution in [2.45, 2.75) is 104 Å². The molecule has 0 aliphatic rings. The average molecular weight is 739 g/mol. The summed E-state index contributed by atoms with van der Waals surface area (Å²) < 4.78 is 5.54. The van der Waals surface area contributed by atoms with Gasteiger partial charge in [-0.25, -0.2) is 9.63 Å².